The number of hydrogen-bond donors (Lipinski definition) is 0. The number of nitro groups is 1. The molecule has 1 fully saturated rings. The zero-order valence-electron chi connectivity index (χ0n) is 17.9. The average molecular weight is 481 g/mol. The van der Waals surface area contributed by atoms with Crippen LogP contribution in [0.1, 0.15) is 16.9 Å². The van der Waals surface area contributed by atoms with E-state index in [0.29, 0.717) is 39.3 Å². The lowest BCUT2D eigenvalue weighted by Crippen LogP contribution is -2.30. The van der Waals surface area contributed by atoms with E-state index < -0.39 is 4.92 Å². The Labute approximate surface area is 200 Å². The topological polar surface area (TPSA) is 85.8 Å². The highest BCUT2D eigenvalue weighted by Gasteiger charge is 2.32. The summed E-state index contributed by atoms with van der Waals surface area (Å²) in [5, 5.41) is 11.4. The molecule has 3 aromatic rings. The molecule has 0 unspecified atom stereocenters. The molecular weight excluding hydrogens is 460 g/mol. The van der Waals surface area contributed by atoms with Gasteiger partial charge in [0.15, 0.2) is 0 Å². The van der Waals surface area contributed by atoms with Crippen molar-refractivity contribution in [2.45, 2.75) is 13.3 Å². The first-order valence-corrected chi connectivity index (χ1v) is 11.3. The van der Waals surface area contributed by atoms with Crippen molar-refractivity contribution in [1.82, 2.24) is 4.90 Å². The van der Waals surface area contributed by atoms with Crippen molar-refractivity contribution in [1.29, 1.82) is 0 Å². The Kier molecular flexibility index (Phi) is 6.62. The minimum Gasteiger partial charge on any atom is -0.497 e. The molecule has 1 aliphatic heterocycles. The summed E-state index contributed by atoms with van der Waals surface area (Å²) in [4.78, 5) is 25.9. The van der Waals surface area contributed by atoms with Crippen LogP contribution >= 0.6 is 24.0 Å². The van der Waals surface area contributed by atoms with Crippen LogP contribution < -0.4 is 4.74 Å². The van der Waals surface area contributed by atoms with E-state index in [4.69, 9.17) is 21.4 Å². The van der Waals surface area contributed by atoms with Gasteiger partial charge >= 0.3 is 0 Å². The largest absolute Gasteiger partial charge is 0.497 e. The molecule has 0 bridgehead atoms. The number of nitrogens with zero attached hydrogens (tertiary/aromatic N) is 2. The molecule has 4 rings (SSSR count). The number of carbonyl (C=O) groups is 1. The van der Waals surface area contributed by atoms with Crippen molar-refractivity contribution in [2.75, 3.05) is 13.7 Å². The van der Waals surface area contributed by atoms with Crippen molar-refractivity contribution in [3.63, 3.8) is 0 Å². The molecule has 7 nitrogen and oxygen atoms in total. The summed E-state index contributed by atoms with van der Waals surface area (Å²) in [5.74, 6) is 1.39. The number of hydrogen-bond acceptors (Lipinski definition) is 7. The highest BCUT2D eigenvalue weighted by molar-refractivity contribution is 8.26. The van der Waals surface area contributed by atoms with E-state index in [9.17, 15) is 14.9 Å². The standard InChI is InChI=1S/C24H20N2O5S2/c1-15-3-9-19(20(13-15)26(28)29)21-10-8-18(31-21)14-22-23(27)25(24(32)33-22)12-11-16-4-6-17(30-2)7-5-16/h3-10,13-14H,11-12H2,1-2H3. The van der Waals surface area contributed by atoms with Crippen LogP contribution in [0.15, 0.2) is 63.9 Å². The van der Waals surface area contributed by atoms with Crippen molar-refractivity contribution < 1.29 is 18.9 Å². The van der Waals surface area contributed by atoms with Crippen LogP contribution in [0, 0.1) is 17.0 Å². The Morgan fingerprint density at radius 2 is 1.94 bits per heavy atom. The molecule has 1 aromatic heterocycles. The highest BCUT2D eigenvalue weighted by atomic mass is 32.2. The fraction of sp³-hybridized carbons (Fsp3) is 0.167. The number of ether oxygens (including phenoxy) is 1. The number of aryl methyl sites for hydroxylation is 1. The number of benzene rings is 2. The molecular formula is C24H20N2O5S2. The third kappa shape index (κ3) is 4.99. The number of amides is 1. The van der Waals surface area contributed by atoms with Crippen LogP contribution in [-0.2, 0) is 11.2 Å². The van der Waals surface area contributed by atoms with E-state index in [1.807, 2.05) is 24.3 Å². The van der Waals surface area contributed by atoms with E-state index in [2.05, 4.69) is 0 Å². The normalized spacial score (nSPS) is 14.8. The van der Waals surface area contributed by atoms with Gasteiger partial charge in [0.05, 0.1) is 22.5 Å². The molecule has 0 radical (unpaired) electrons. The van der Waals surface area contributed by atoms with E-state index in [0.717, 1.165) is 16.9 Å². The lowest BCUT2D eigenvalue weighted by Gasteiger charge is -2.14. The van der Waals surface area contributed by atoms with E-state index in [-0.39, 0.29) is 11.6 Å². The van der Waals surface area contributed by atoms with Crippen LogP contribution in [0.4, 0.5) is 5.69 Å². The van der Waals surface area contributed by atoms with Crippen LogP contribution in [0.25, 0.3) is 17.4 Å². The Morgan fingerprint density at radius 3 is 2.64 bits per heavy atom. The Hall–Kier alpha value is -3.43. The Morgan fingerprint density at radius 1 is 1.18 bits per heavy atom. The molecule has 1 saturated heterocycles. The van der Waals surface area contributed by atoms with Gasteiger partial charge in [-0.05, 0) is 54.8 Å². The van der Waals surface area contributed by atoms with Crippen LogP contribution in [0.5, 0.6) is 5.75 Å². The zero-order chi connectivity index (χ0) is 23.5. The summed E-state index contributed by atoms with van der Waals surface area (Å²) in [6.07, 6.45) is 2.28. The predicted molar refractivity (Wildman–Crippen MR) is 132 cm³/mol. The van der Waals surface area contributed by atoms with Gasteiger partial charge < -0.3 is 9.15 Å². The number of carbonyl (C=O) groups excluding carboxylic acids is 1. The van der Waals surface area contributed by atoms with Crippen molar-refractivity contribution in [3.05, 3.63) is 86.5 Å². The lowest BCUT2D eigenvalue weighted by molar-refractivity contribution is -0.384. The average Bonchev–Trinajstić information content (AvgIpc) is 3.37. The number of thioether (sulfide) groups is 1. The number of nitro benzene ring substituents is 1. The van der Waals surface area contributed by atoms with Crippen molar-refractivity contribution in [2.24, 2.45) is 0 Å². The first-order valence-electron chi connectivity index (χ1n) is 10.1. The number of methoxy groups -OCH3 is 1. The third-order valence-corrected chi connectivity index (χ3v) is 6.55. The van der Waals surface area contributed by atoms with E-state index >= 15 is 0 Å². The minimum atomic E-state index is -0.432. The SMILES string of the molecule is COc1ccc(CCN2C(=O)C(=Cc3ccc(-c4ccc(C)cc4[N+](=O)[O-])o3)SC2=S)cc1. The van der Waals surface area contributed by atoms with E-state index in [1.54, 1.807) is 49.3 Å². The van der Waals surface area contributed by atoms with Gasteiger partial charge in [-0.25, -0.2) is 0 Å². The molecule has 0 aliphatic carbocycles. The third-order valence-electron chi connectivity index (χ3n) is 5.17. The molecule has 0 spiro atoms. The van der Waals surface area contributed by atoms with Gasteiger partial charge in [0, 0.05) is 18.7 Å². The first-order chi connectivity index (χ1) is 15.9. The number of furan rings is 1. The quantitative estimate of drug-likeness (QED) is 0.188. The molecule has 0 saturated carbocycles. The van der Waals surface area contributed by atoms with Gasteiger partial charge in [-0.15, -0.1) is 0 Å². The second-order valence-electron chi connectivity index (χ2n) is 7.41. The monoisotopic (exact) mass is 480 g/mol. The Balaban J connectivity index is 1.49. The maximum absolute atomic E-state index is 12.9. The molecule has 2 aromatic carbocycles. The fourth-order valence-electron chi connectivity index (χ4n) is 3.43. The van der Waals surface area contributed by atoms with Gasteiger partial charge in [0.1, 0.15) is 21.6 Å². The summed E-state index contributed by atoms with van der Waals surface area (Å²) in [7, 11) is 1.62. The Bertz CT molecular complexity index is 1260. The number of rotatable bonds is 7. The fourth-order valence-corrected chi connectivity index (χ4v) is 4.72. The maximum atomic E-state index is 12.9. The highest BCUT2D eigenvalue weighted by Crippen LogP contribution is 2.35. The predicted octanol–water partition coefficient (Wildman–Crippen LogP) is 5.62. The van der Waals surface area contributed by atoms with Crippen LogP contribution in [0.2, 0.25) is 0 Å². The van der Waals surface area contributed by atoms with Gasteiger partial charge in [-0.3, -0.25) is 19.8 Å². The van der Waals surface area contributed by atoms with Gasteiger partial charge in [-0.1, -0.05) is 42.2 Å². The second kappa shape index (κ2) is 9.60. The van der Waals surface area contributed by atoms with Gasteiger partial charge in [0.25, 0.3) is 11.6 Å². The molecule has 1 aliphatic rings. The summed E-state index contributed by atoms with van der Waals surface area (Å²) in [5.41, 5.74) is 2.22. The molecule has 0 N–H and O–H groups in total. The molecule has 33 heavy (non-hydrogen) atoms. The molecule has 9 heteroatoms. The summed E-state index contributed by atoms with van der Waals surface area (Å²) in [6.45, 7) is 2.26. The molecule has 168 valence electrons. The van der Waals surface area contributed by atoms with Gasteiger partial charge in [0.2, 0.25) is 0 Å². The second-order valence-corrected chi connectivity index (χ2v) is 9.09. The summed E-state index contributed by atoms with van der Waals surface area (Å²) >= 11 is 6.62. The molecule has 1 amide bonds. The minimum absolute atomic E-state index is 0.0271. The number of thiocarbonyl (C=S) groups is 1. The summed E-state index contributed by atoms with van der Waals surface area (Å²) < 4.78 is 11.5. The maximum Gasteiger partial charge on any atom is 0.280 e. The van der Waals surface area contributed by atoms with Crippen LogP contribution in [-0.4, -0.2) is 33.7 Å². The lowest BCUT2D eigenvalue weighted by atomic mass is 10.1. The van der Waals surface area contributed by atoms with E-state index in [1.165, 1.54) is 17.8 Å². The first kappa shape index (κ1) is 22.8. The summed E-state index contributed by atoms with van der Waals surface area (Å²) in [6, 6.07) is 16.0. The van der Waals surface area contributed by atoms with Crippen molar-refractivity contribution in [3.8, 4) is 17.1 Å². The van der Waals surface area contributed by atoms with Gasteiger partial charge in [-0.2, -0.15) is 0 Å². The zero-order valence-corrected chi connectivity index (χ0v) is 19.6. The van der Waals surface area contributed by atoms with Crippen molar-refractivity contribution >= 4 is 46.0 Å². The van der Waals surface area contributed by atoms with Crippen LogP contribution in [0.3, 0.4) is 0 Å². The molecule has 0 atom stereocenters. The molecule has 2 heterocycles. The smallest absolute Gasteiger partial charge is 0.280 e.